The number of rotatable bonds is 7. The molecule has 0 spiro atoms. The van der Waals surface area contributed by atoms with Gasteiger partial charge < -0.3 is 15.7 Å². The quantitative estimate of drug-likeness (QED) is 0.713. The van der Waals surface area contributed by atoms with Gasteiger partial charge in [0.25, 0.3) is 0 Å². The average molecular weight is 278 g/mol. The number of amides is 1. The molecule has 0 saturated carbocycles. The van der Waals surface area contributed by atoms with E-state index >= 15 is 0 Å². The summed E-state index contributed by atoms with van der Waals surface area (Å²) in [5.74, 6) is -0.910. The lowest BCUT2D eigenvalue weighted by Crippen LogP contribution is -2.49. The highest BCUT2D eigenvalue weighted by molar-refractivity contribution is 5.97. The van der Waals surface area contributed by atoms with Gasteiger partial charge in [-0.25, -0.2) is 0 Å². The highest BCUT2D eigenvalue weighted by Gasteiger charge is 2.25. The van der Waals surface area contributed by atoms with E-state index in [2.05, 4.69) is 10.6 Å². The standard InChI is InChI=1S/C15H22N2O3/c1-4-16-15(2,3)14(20)17-12-8-5-11(6-9-12)7-10-13(18)19/h5-6,8-9,16H,4,7,10H2,1-3H3,(H,17,20)(H,18,19). The minimum Gasteiger partial charge on any atom is -0.481 e. The van der Waals surface area contributed by atoms with Crippen LogP contribution in [0.2, 0.25) is 0 Å². The zero-order chi connectivity index (χ0) is 15.2. The zero-order valence-corrected chi connectivity index (χ0v) is 12.2. The van der Waals surface area contributed by atoms with Crippen molar-refractivity contribution < 1.29 is 14.7 Å². The Morgan fingerprint density at radius 3 is 2.30 bits per heavy atom. The molecule has 0 aliphatic rings. The van der Waals surface area contributed by atoms with E-state index in [1.54, 1.807) is 12.1 Å². The van der Waals surface area contributed by atoms with Gasteiger partial charge in [-0.2, -0.15) is 0 Å². The van der Waals surface area contributed by atoms with Crippen molar-refractivity contribution in [3.05, 3.63) is 29.8 Å². The van der Waals surface area contributed by atoms with Crippen LogP contribution < -0.4 is 10.6 Å². The molecule has 1 aromatic rings. The molecule has 1 rings (SSSR count). The van der Waals surface area contributed by atoms with Crippen LogP contribution in [0.3, 0.4) is 0 Å². The fraction of sp³-hybridized carbons (Fsp3) is 0.467. The third-order valence-corrected chi connectivity index (χ3v) is 3.03. The predicted molar refractivity (Wildman–Crippen MR) is 78.8 cm³/mol. The summed E-state index contributed by atoms with van der Waals surface area (Å²) in [4.78, 5) is 22.6. The van der Waals surface area contributed by atoms with Crippen molar-refractivity contribution >= 4 is 17.6 Å². The third kappa shape index (κ3) is 5.01. The first kappa shape index (κ1) is 16.2. The Balaban J connectivity index is 2.61. The molecule has 0 unspecified atom stereocenters. The molecule has 0 atom stereocenters. The van der Waals surface area contributed by atoms with Crippen LogP contribution in [-0.4, -0.2) is 29.1 Å². The molecular weight excluding hydrogens is 256 g/mol. The van der Waals surface area contributed by atoms with Crippen molar-refractivity contribution in [1.82, 2.24) is 5.32 Å². The van der Waals surface area contributed by atoms with Crippen molar-refractivity contribution in [2.24, 2.45) is 0 Å². The molecule has 0 aliphatic carbocycles. The van der Waals surface area contributed by atoms with E-state index < -0.39 is 11.5 Å². The van der Waals surface area contributed by atoms with Gasteiger partial charge in [-0.1, -0.05) is 19.1 Å². The van der Waals surface area contributed by atoms with Crippen LogP contribution in [0, 0.1) is 0 Å². The van der Waals surface area contributed by atoms with E-state index in [0.717, 1.165) is 5.56 Å². The summed E-state index contributed by atoms with van der Waals surface area (Å²) in [6.45, 7) is 6.32. The maximum Gasteiger partial charge on any atom is 0.303 e. The number of carboxylic acids is 1. The van der Waals surface area contributed by atoms with Crippen LogP contribution in [0.25, 0.3) is 0 Å². The first-order valence-corrected chi connectivity index (χ1v) is 6.72. The van der Waals surface area contributed by atoms with Gasteiger partial charge in [0, 0.05) is 12.1 Å². The normalized spacial score (nSPS) is 11.2. The summed E-state index contributed by atoms with van der Waals surface area (Å²) in [6.07, 6.45) is 0.603. The summed E-state index contributed by atoms with van der Waals surface area (Å²) in [7, 11) is 0. The Morgan fingerprint density at radius 2 is 1.80 bits per heavy atom. The van der Waals surface area contributed by atoms with Gasteiger partial charge in [0.1, 0.15) is 0 Å². The number of aliphatic carboxylic acids is 1. The molecule has 0 fully saturated rings. The summed E-state index contributed by atoms with van der Waals surface area (Å²) in [6, 6.07) is 7.24. The van der Waals surface area contributed by atoms with Gasteiger partial charge in [-0.05, 0) is 44.5 Å². The molecule has 1 amide bonds. The predicted octanol–water partition coefficient (Wildman–Crippen LogP) is 2.03. The zero-order valence-electron chi connectivity index (χ0n) is 12.2. The maximum atomic E-state index is 12.1. The van der Waals surface area contributed by atoms with Gasteiger partial charge in [0.2, 0.25) is 5.91 Å². The van der Waals surface area contributed by atoms with E-state index in [1.165, 1.54) is 0 Å². The second kappa shape index (κ2) is 7.05. The van der Waals surface area contributed by atoms with Crippen LogP contribution in [0.5, 0.6) is 0 Å². The van der Waals surface area contributed by atoms with Crippen molar-refractivity contribution in [3.63, 3.8) is 0 Å². The van der Waals surface area contributed by atoms with Crippen molar-refractivity contribution in [2.75, 3.05) is 11.9 Å². The molecule has 1 aromatic carbocycles. The Kier molecular flexibility index (Phi) is 5.70. The lowest BCUT2D eigenvalue weighted by molar-refractivity contribution is -0.137. The molecule has 110 valence electrons. The molecule has 20 heavy (non-hydrogen) atoms. The van der Waals surface area contributed by atoms with Gasteiger partial charge >= 0.3 is 5.97 Å². The molecule has 0 aliphatic heterocycles. The van der Waals surface area contributed by atoms with E-state index in [0.29, 0.717) is 18.7 Å². The fourth-order valence-electron chi connectivity index (χ4n) is 1.82. The van der Waals surface area contributed by atoms with Crippen molar-refractivity contribution in [3.8, 4) is 0 Å². The molecule has 0 heterocycles. The largest absolute Gasteiger partial charge is 0.481 e. The van der Waals surface area contributed by atoms with E-state index in [1.807, 2.05) is 32.9 Å². The lowest BCUT2D eigenvalue weighted by atomic mass is 10.0. The Labute approximate surface area is 119 Å². The summed E-state index contributed by atoms with van der Waals surface area (Å²) >= 11 is 0. The molecule has 0 radical (unpaired) electrons. The lowest BCUT2D eigenvalue weighted by Gasteiger charge is -2.24. The first-order chi connectivity index (χ1) is 9.35. The number of benzene rings is 1. The number of carbonyl (C=O) groups excluding carboxylic acids is 1. The Morgan fingerprint density at radius 1 is 1.20 bits per heavy atom. The minimum absolute atomic E-state index is 0.0994. The number of aryl methyl sites for hydroxylation is 1. The van der Waals surface area contributed by atoms with Crippen molar-refractivity contribution in [1.29, 1.82) is 0 Å². The molecule has 0 bridgehead atoms. The summed E-state index contributed by atoms with van der Waals surface area (Å²) in [5.41, 5.74) is 1.02. The van der Waals surface area contributed by atoms with Gasteiger partial charge in [-0.3, -0.25) is 9.59 Å². The van der Waals surface area contributed by atoms with Crippen molar-refractivity contribution in [2.45, 2.75) is 39.2 Å². The highest BCUT2D eigenvalue weighted by atomic mass is 16.4. The number of hydrogen-bond donors (Lipinski definition) is 3. The SMILES string of the molecule is CCNC(C)(C)C(=O)Nc1ccc(CCC(=O)O)cc1. The molecule has 5 heteroatoms. The van der Waals surface area contributed by atoms with E-state index in [4.69, 9.17) is 5.11 Å². The Bertz CT molecular complexity index is 467. The van der Waals surface area contributed by atoms with E-state index in [-0.39, 0.29) is 12.3 Å². The summed E-state index contributed by atoms with van der Waals surface area (Å²) < 4.78 is 0. The van der Waals surface area contributed by atoms with Crippen LogP contribution in [0.15, 0.2) is 24.3 Å². The number of carboxylic acid groups (broad SMARTS) is 1. The second-order valence-electron chi connectivity index (χ2n) is 5.20. The number of likely N-dealkylation sites (N-methyl/N-ethyl adjacent to an activating group) is 1. The maximum absolute atomic E-state index is 12.1. The molecule has 3 N–H and O–H groups in total. The molecule has 0 saturated heterocycles. The molecular formula is C15H22N2O3. The van der Waals surface area contributed by atoms with Crippen LogP contribution in [0.1, 0.15) is 32.8 Å². The summed E-state index contributed by atoms with van der Waals surface area (Å²) in [5, 5.41) is 14.6. The van der Waals surface area contributed by atoms with E-state index in [9.17, 15) is 9.59 Å². The first-order valence-electron chi connectivity index (χ1n) is 6.72. The monoisotopic (exact) mass is 278 g/mol. The van der Waals surface area contributed by atoms with Crippen LogP contribution in [0.4, 0.5) is 5.69 Å². The third-order valence-electron chi connectivity index (χ3n) is 3.03. The van der Waals surface area contributed by atoms with Crippen LogP contribution >= 0.6 is 0 Å². The molecule has 0 aromatic heterocycles. The number of anilines is 1. The fourth-order valence-corrected chi connectivity index (χ4v) is 1.82. The van der Waals surface area contributed by atoms with Gasteiger partial charge in [-0.15, -0.1) is 0 Å². The van der Waals surface area contributed by atoms with Gasteiger partial charge in [0.05, 0.1) is 5.54 Å². The van der Waals surface area contributed by atoms with Crippen LogP contribution in [-0.2, 0) is 16.0 Å². The second-order valence-corrected chi connectivity index (χ2v) is 5.20. The average Bonchev–Trinajstić information content (AvgIpc) is 2.37. The highest BCUT2D eigenvalue weighted by Crippen LogP contribution is 2.13. The topological polar surface area (TPSA) is 78.4 Å². The smallest absolute Gasteiger partial charge is 0.303 e. The number of carbonyl (C=O) groups is 2. The Hall–Kier alpha value is -1.88. The van der Waals surface area contributed by atoms with Gasteiger partial charge in [0.15, 0.2) is 0 Å². The number of hydrogen-bond acceptors (Lipinski definition) is 3. The minimum atomic E-state index is -0.810. The molecule has 5 nitrogen and oxygen atoms in total. The number of nitrogens with one attached hydrogen (secondary N) is 2.